The van der Waals surface area contributed by atoms with Crippen LogP contribution >= 0.6 is 0 Å². The van der Waals surface area contributed by atoms with E-state index in [4.69, 9.17) is 20.9 Å². The molecule has 2 atom stereocenters. The molecule has 4 amide bonds. The summed E-state index contributed by atoms with van der Waals surface area (Å²) in [6.45, 7) is 8.61. The molecule has 18 nitrogen and oxygen atoms in total. The zero-order valence-electron chi connectivity index (χ0n) is 32.7. The van der Waals surface area contributed by atoms with Gasteiger partial charge in [0.05, 0.1) is 46.5 Å². The molecule has 0 aliphatic rings. The Bertz CT molecular complexity index is 2480. The number of primary amides is 2. The van der Waals surface area contributed by atoms with Crippen LogP contribution in [0.3, 0.4) is 0 Å². The van der Waals surface area contributed by atoms with E-state index in [1.807, 2.05) is 23.0 Å². The minimum atomic E-state index is -0.681. The Labute approximate surface area is 321 Å². The minimum absolute atomic E-state index is 0.137. The number of rotatable bonds is 13. The minimum Gasteiger partial charge on any atom is -0.377 e. The van der Waals surface area contributed by atoms with Gasteiger partial charge in [0, 0.05) is 52.5 Å². The topological polar surface area (TPSA) is 219 Å². The Morgan fingerprint density at radius 2 is 1.02 bits per heavy atom. The van der Waals surface area contributed by atoms with Crippen LogP contribution in [0, 0.1) is 13.8 Å². The van der Waals surface area contributed by atoms with Gasteiger partial charge < -0.3 is 39.2 Å². The molecule has 6 rings (SSSR count). The predicted molar refractivity (Wildman–Crippen MR) is 206 cm³/mol. The Kier molecular flexibility index (Phi) is 11.1. The molecule has 18 heteroatoms. The van der Waals surface area contributed by atoms with E-state index in [0.29, 0.717) is 57.9 Å². The second-order valence-electron chi connectivity index (χ2n) is 13.4. The Morgan fingerprint density at radius 1 is 0.643 bits per heavy atom. The van der Waals surface area contributed by atoms with Gasteiger partial charge in [-0.2, -0.15) is 20.2 Å². The fraction of sp³-hybridized carbons (Fsp3) is 0.368. The van der Waals surface area contributed by atoms with Crippen molar-refractivity contribution in [1.82, 2.24) is 37.8 Å². The molecule has 2 aromatic carbocycles. The SMILES string of the molecule is CCn1nc(C)cc1C(=O)/N=c1\n(C)c2cc(C(N)=O)ccc2n1C[C@H](OC)[C@@H](Cn1/c(=N/C(=O)c2cc(C)nn2CC)n(C)c2cc(C(N)=O)ccc21)OC. The Morgan fingerprint density at radius 3 is 1.34 bits per heavy atom. The van der Waals surface area contributed by atoms with E-state index in [1.165, 1.54) is 0 Å². The van der Waals surface area contributed by atoms with Crippen LogP contribution in [0.25, 0.3) is 22.1 Å². The molecule has 0 radical (unpaired) electrons. The highest BCUT2D eigenvalue weighted by atomic mass is 16.5. The van der Waals surface area contributed by atoms with E-state index in [0.717, 1.165) is 0 Å². The van der Waals surface area contributed by atoms with Crippen molar-refractivity contribution in [2.75, 3.05) is 14.2 Å². The normalized spacial score (nSPS) is 13.6. The van der Waals surface area contributed by atoms with E-state index in [-0.39, 0.29) is 35.5 Å². The molecule has 294 valence electrons. The van der Waals surface area contributed by atoms with Crippen molar-refractivity contribution in [3.05, 3.63) is 93.7 Å². The average Bonchev–Trinajstić information content (AvgIpc) is 3.90. The fourth-order valence-corrected chi connectivity index (χ4v) is 7.03. The van der Waals surface area contributed by atoms with Crippen molar-refractivity contribution in [2.45, 2.75) is 66.1 Å². The standard InChI is InChI=1S/C38H46N12O6/c1-9-49-29(15-21(3)43-49)35(53)41-37-45(5)27-17-23(33(39)51)11-13-25(27)47(37)19-31(55-7)32(56-8)20-48-26-14-12-24(34(40)52)18-28(26)46(6)38(48)42-36(54)30-16-22(4)44-50(30)10-2/h11-18,31-32H,9-10,19-20H2,1-8H3,(H2,39,51)(H2,40,52)/b41-37+,42-38+/t31-,32+. The molecule has 4 aromatic heterocycles. The van der Waals surface area contributed by atoms with Crippen molar-refractivity contribution in [3.63, 3.8) is 0 Å². The predicted octanol–water partition coefficient (Wildman–Crippen LogP) is 1.73. The van der Waals surface area contributed by atoms with Gasteiger partial charge in [-0.25, -0.2) is 0 Å². The number of carbonyl (C=O) groups excluding carboxylic acids is 4. The van der Waals surface area contributed by atoms with Crippen LogP contribution in [0.2, 0.25) is 0 Å². The molecule has 0 bridgehead atoms. The van der Waals surface area contributed by atoms with Crippen LogP contribution in [0.5, 0.6) is 0 Å². The highest BCUT2D eigenvalue weighted by molar-refractivity contribution is 5.98. The summed E-state index contributed by atoms with van der Waals surface area (Å²) in [5, 5.41) is 8.82. The number of amides is 4. The van der Waals surface area contributed by atoms with E-state index in [1.54, 1.807) is 109 Å². The maximum atomic E-state index is 13.8. The summed E-state index contributed by atoms with van der Waals surface area (Å²) in [6, 6.07) is 13.4. The molecule has 56 heavy (non-hydrogen) atoms. The molecule has 0 saturated heterocycles. The molecular formula is C38H46N12O6. The van der Waals surface area contributed by atoms with Gasteiger partial charge in [-0.05, 0) is 76.2 Å². The Balaban J connectivity index is 1.49. The quantitative estimate of drug-likeness (QED) is 0.176. The first-order valence-corrected chi connectivity index (χ1v) is 18.0. The highest BCUT2D eigenvalue weighted by Gasteiger charge is 2.27. The number of benzene rings is 2. The van der Waals surface area contributed by atoms with Crippen LogP contribution < -0.4 is 22.7 Å². The zero-order chi connectivity index (χ0) is 40.6. The summed E-state index contributed by atoms with van der Waals surface area (Å²) in [7, 11) is 6.59. The summed E-state index contributed by atoms with van der Waals surface area (Å²) in [4.78, 5) is 61.0. The molecule has 0 saturated carbocycles. The van der Waals surface area contributed by atoms with E-state index in [2.05, 4.69) is 20.2 Å². The molecule has 0 aliphatic carbocycles. The summed E-state index contributed by atoms with van der Waals surface area (Å²) >= 11 is 0. The molecular weight excluding hydrogens is 720 g/mol. The van der Waals surface area contributed by atoms with Gasteiger partial charge >= 0.3 is 0 Å². The number of fused-ring (bicyclic) bond motifs is 2. The number of ether oxygens (including phenoxy) is 2. The van der Waals surface area contributed by atoms with Gasteiger partial charge in [-0.3, -0.25) is 28.5 Å². The first-order chi connectivity index (χ1) is 26.7. The van der Waals surface area contributed by atoms with E-state index < -0.39 is 35.8 Å². The molecule has 0 spiro atoms. The summed E-state index contributed by atoms with van der Waals surface area (Å²) in [5.41, 5.74) is 17.0. The maximum absolute atomic E-state index is 13.8. The van der Waals surface area contributed by atoms with E-state index >= 15 is 0 Å². The number of aromatic nitrogens is 8. The summed E-state index contributed by atoms with van der Waals surface area (Å²) in [6.07, 6.45) is -1.36. The van der Waals surface area contributed by atoms with Gasteiger partial charge in [0.1, 0.15) is 23.6 Å². The lowest BCUT2D eigenvalue weighted by molar-refractivity contribution is -0.0509. The largest absolute Gasteiger partial charge is 0.377 e. The maximum Gasteiger partial charge on any atom is 0.298 e. The van der Waals surface area contributed by atoms with Crippen LogP contribution in [-0.2, 0) is 49.7 Å². The third-order valence-corrected chi connectivity index (χ3v) is 9.90. The summed E-state index contributed by atoms with van der Waals surface area (Å²) in [5.74, 6) is -2.21. The number of imidazole rings is 2. The second-order valence-corrected chi connectivity index (χ2v) is 13.4. The lowest BCUT2D eigenvalue weighted by Crippen LogP contribution is -2.42. The van der Waals surface area contributed by atoms with Crippen molar-refractivity contribution >= 4 is 45.7 Å². The summed E-state index contributed by atoms with van der Waals surface area (Å²) < 4.78 is 22.5. The van der Waals surface area contributed by atoms with Gasteiger partial charge in [0.25, 0.3) is 11.8 Å². The van der Waals surface area contributed by atoms with Crippen molar-refractivity contribution in [1.29, 1.82) is 0 Å². The zero-order valence-corrected chi connectivity index (χ0v) is 32.7. The van der Waals surface area contributed by atoms with Crippen LogP contribution in [-0.4, -0.2) is 87.9 Å². The number of methoxy groups -OCH3 is 2. The lowest BCUT2D eigenvalue weighted by Gasteiger charge is -2.26. The fourth-order valence-electron chi connectivity index (χ4n) is 7.03. The van der Waals surface area contributed by atoms with Crippen LogP contribution in [0.15, 0.2) is 58.5 Å². The third kappa shape index (κ3) is 7.23. The van der Waals surface area contributed by atoms with Crippen LogP contribution in [0.4, 0.5) is 0 Å². The first-order valence-electron chi connectivity index (χ1n) is 18.0. The average molecular weight is 767 g/mol. The number of nitrogens with two attached hydrogens (primary N) is 2. The van der Waals surface area contributed by atoms with Crippen molar-refractivity contribution < 1.29 is 28.7 Å². The molecule has 0 aliphatic heterocycles. The first kappa shape index (κ1) is 39.3. The van der Waals surface area contributed by atoms with Gasteiger partial charge in [0.2, 0.25) is 23.1 Å². The lowest BCUT2D eigenvalue weighted by atomic mass is 10.1. The number of hydrogen-bond donors (Lipinski definition) is 2. The molecule has 0 fully saturated rings. The number of aryl methyl sites for hydroxylation is 6. The van der Waals surface area contributed by atoms with Gasteiger partial charge in [0.15, 0.2) is 0 Å². The highest BCUT2D eigenvalue weighted by Crippen LogP contribution is 2.21. The molecule has 0 unspecified atom stereocenters. The van der Waals surface area contributed by atoms with E-state index in [9.17, 15) is 19.2 Å². The molecule has 6 aromatic rings. The van der Waals surface area contributed by atoms with Gasteiger partial charge in [-0.15, -0.1) is 0 Å². The Hall–Kier alpha value is -6.40. The monoisotopic (exact) mass is 766 g/mol. The number of carbonyl (C=O) groups is 4. The number of hydrogen-bond acceptors (Lipinski definition) is 8. The van der Waals surface area contributed by atoms with Crippen molar-refractivity contribution in [2.24, 2.45) is 35.5 Å². The number of nitrogens with zero attached hydrogens (tertiary/aromatic N) is 10. The van der Waals surface area contributed by atoms with Crippen molar-refractivity contribution in [3.8, 4) is 0 Å². The van der Waals surface area contributed by atoms with Crippen LogP contribution in [0.1, 0.15) is 66.9 Å². The third-order valence-electron chi connectivity index (χ3n) is 9.90. The smallest absolute Gasteiger partial charge is 0.298 e. The molecule has 4 heterocycles. The molecule has 4 N–H and O–H groups in total. The second kappa shape index (κ2) is 15.8. The van der Waals surface area contributed by atoms with Gasteiger partial charge in [-0.1, -0.05) is 0 Å².